The fourth-order valence-corrected chi connectivity index (χ4v) is 1.34. The second-order valence-corrected chi connectivity index (χ2v) is 3.13. The molecule has 0 radical (unpaired) electrons. The van der Waals surface area contributed by atoms with Gasteiger partial charge >= 0.3 is 11.9 Å². The van der Waals surface area contributed by atoms with Crippen LogP contribution < -0.4 is 0 Å². The van der Waals surface area contributed by atoms with Crippen molar-refractivity contribution < 1.29 is 29.3 Å². The summed E-state index contributed by atoms with van der Waals surface area (Å²) in [6.45, 7) is 1.53. The Hall–Kier alpha value is -2.11. The molecule has 0 aromatic heterocycles. The summed E-state index contributed by atoms with van der Waals surface area (Å²) >= 11 is 0. The van der Waals surface area contributed by atoms with Crippen molar-refractivity contribution in [3.05, 3.63) is 23.5 Å². The van der Waals surface area contributed by atoms with E-state index in [0.717, 1.165) is 7.11 Å². The van der Waals surface area contributed by atoms with Crippen LogP contribution in [0.5, 0.6) is 0 Å². The van der Waals surface area contributed by atoms with Crippen molar-refractivity contribution in [2.75, 3.05) is 7.11 Å². The van der Waals surface area contributed by atoms with Gasteiger partial charge < -0.3 is 14.9 Å². The number of esters is 1. The molecular weight excluding hydrogens is 228 g/mol. The monoisotopic (exact) mass is 242 g/mol. The Labute approximate surface area is 98.2 Å². The topological polar surface area (TPSA) is 101 Å². The molecule has 6 nitrogen and oxygen atoms in total. The van der Waals surface area contributed by atoms with Crippen molar-refractivity contribution in [1.82, 2.24) is 0 Å². The third-order valence-electron chi connectivity index (χ3n) is 2.19. The van der Waals surface area contributed by atoms with Gasteiger partial charge in [0.05, 0.1) is 25.4 Å². The summed E-state index contributed by atoms with van der Waals surface area (Å²) < 4.78 is 4.40. The Kier molecular flexibility index (Phi) is 6.32. The molecule has 17 heavy (non-hydrogen) atoms. The highest BCUT2D eigenvalue weighted by Crippen LogP contribution is 2.23. The molecule has 0 aliphatic heterocycles. The first kappa shape index (κ1) is 14.9. The first-order valence-corrected chi connectivity index (χ1v) is 4.77. The molecule has 0 heterocycles. The molecule has 1 unspecified atom stereocenters. The number of allylic oxidation sites excluding steroid dienone is 2. The molecule has 0 saturated heterocycles. The van der Waals surface area contributed by atoms with Gasteiger partial charge in [0.25, 0.3) is 0 Å². The van der Waals surface area contributed by atoms with Crippen molar-refractivity contribution in [1.29, 1.82) is 0 Å². The van der Waals surface area contributed by atoms with Crippen LogP contribution in [0.2, 0.25) is 0 Å². The van der Waals surface area contributed by atoms with E-state index in [1.165, 1.54) is 13.0 Å². The number of carbonyl (C=O) groups excluding carboxylic acids is 2. The average Bonchev–Trinajstić information content (AvgIpc) is 2.30. The Morgan fingerprint density at radius 1 is 1.41 bits per heavy atom. The minimum atomic E-state index is -1.19. The number of hydrogen-bond acceptors (Lipinski definition) is 5. The quantitative estimate of drug-likeness (QED) is 0.310. The van der Waals surface area contributed by atoms with E-state index in [9.17, 15) is 14.4 Å². The minimum absolute atomic E-state index is 0.0955. The van der Waals surface area contributed by atoms with Crippen LogP contribution in [0.1, 0.15) is 13.3 Å². The lowest BCUT2D eigenvalue weighted by Gasteiger charge is -2.15. The third kappa shape index (κ3) is 4.10. The number of carbonyl (C=O) groups is 3. The van der Waals surface area contributed by atoms with Crippen LogP contribution in [-0.2, 0) is 19.1 Å². The number of methoxy groups -OCH3 is 1. The van der Waals surface area contributed by atoms with Gasteiger partial charge in [0.2, 0.25) is 0 Å². The molecule has 0 amide bonds. The molecule has 6 heteroatoms. The number of hydrogen-bond donors (Lipinski definition) is 2. The van der Waals surface area contributed by atoms with Gasteiger partial charge in [0.15, 0.2) is 0 Å². The number of aliphatic hydroxyl groups excluding tert-OH is 1. The molecule has 0 bridgehead atoms. The van der Waals surface area contributed by atoms with E-state index in [-0.39, 0.29) is 11.1 Å². The summed E-state index contributed by atoms with van der Waals surface area (Å²) in [7, 11) is 1.10. The van der Waals surface area contributed by atoms with Gasteiger partial charge in [-0.2, -0.15) is 0 Å². The van der Waals surface area contributed by atoms with Crippen molar-refractivity contribution in [2.24, 2.45) is 5.92 Å². The van der Waals surface area contributed by atoms with Crippen molar-refractivity contribution >= 4 is 18.2 Å². The highest BCUT2D eigenvalue weighted by molar-refractivity contribution is 5.92. The minimum Gasteiger partial charge on any atom is -0.515 e. The lowest BCUT2D eigenvalue weighted by atomic mass is 9.89. The Morgan fingerprint density at radius 2 is 2.00 bits per heavy atom. The zero-order chi connectivity index (χ0) is 13.4. The maximum absolute atomic E-state index is 11.3. The van der Waals surface area contributed by atoms with E-state index in [2.05, 4.69) is 4.74 Å². The van der Waals surface area contributed by atoms with Crippen LogP contribution in [0.3, 0.4) is 0 Å². The van der Waals surface area contributed by atoms with E-state index in [1.54, 1.807) is 0 Å². The largest absolute Gasteiger partial charge is 0.515 e. The first-order valence-electron chi connectivity index (χ1n) is 4.77. The van der Waals surface area contributed by atoms with Crippen LogP contribution in [0, 0.1) is 5.92 Å². The van der Waals surface area contributed by atoms with Crippen LogP contribution in [0.15, 0.2) is 23.5 Å². The van der Waals surface area contributed by atoms with Gasteiger partial charge in [-0.1, -0.05) is 6.08 Å². The molecule has 94 valence electrons. The van der Waals surface area contributed by atoms with E-state index >= 15 is 0 Å². The number of carboxylic acids is 1. The summed E-state index contributed by atoms with van der Waals surface area (Å²) in [6.07, 6.45) is 1.80. The maximum atomic E-state index is 11.3. The molecule has 2 N–H and O–H groups in total. The maximum Gasteiger partial charge on any atom is 0.337 e. The summed E-state index contributed by atoms with van der Waals surface area (Å²) in [6, 6.07) is 0. The zero-order valence-corrected chi connectivity index (χ0v) is 9.54. The van der Waals surface area contributed by atoms with Crippen molar-refractivity contribution in [3.8, 4) is 0 Å². The highest BCUT2D eigenvalue weighted by atomic mass is 16.5. The fourth-order valence-electron chi connectivity index (χ4n) is 1.34. The van der Waals surface area contributed by atoms with E-state index < -0.39 is 24.3 Å². The number of ether oxygens (including phenoxy) is 1. The summed E-state index contributed by atoms with van der Waals surface area (Å²) in [5.74, 6) is -3.09. The van der Waals surface area contributed by atoms with Gasteiger partial charge in [-0.3, -0.25) is 9.59 Å². The highest BCUT2D eigenvalue weighted by Gasteiger charge is 2.27. The van der Waals surface area contributed by atoms with Gasteiger partial charge in [0, 0.05) is 5.92 Å². The number of rotatable bonds is 6. The van der Waals surface area contributed by atoms with Gasteiger partial charge in [-0.25, -0.2) is 4.79 Å². The molecule has 0 rings (SSSR count). The normalized spacial score (nSPS) is 14.0. The molecule has 0 aromatic carbocycles. The molecular formula is C11H14O6. The standard InChI is InChI=1S/C11H14O6/c1-3-7(5-12)8(4-10(14)15)9(6-13)11(16)17-2/h3,5-6,8,13H,4H2,1-2H3,(H,14,15)/b7-3-,9-6+. The number of aldehydes is 1. The number of aliphatic carboxylic acids is 1. The lowest BCUT2D eigenvalue weighted by molar-refractivity contribution is -0.138. The van der Waals surface area contributed by atoms with E-state index in [4.69, 9.17) is 10.2 Å². The van der Waals surface area contributed by atoms with E-state index in [1.807, 2.05) is 0 Å². The van der Waals surface area contributed by atoms with Crippen LogP contribution in [0.25, 0.3) is 0 Å². The average molecular weight is 242 g/mol. The van der Waals surface area contributed by atoms with Crippen molar-refractivity contribution in [3.63, 3.8) is 0 Å². The predicted molar refractivity (Wildman–Crippen MR) is 58.3 cm³/mol. The summed E-state index contributed by atoms with van der Waals surface area (Å²) in [4.78, 5) is 32.8. The van der Waals surface area contributed by atoms with Crippen LogP contribution in [-0.4, -0.2) is 35.5 Å². The number of carboxylic acid groups (broad SMARTS) is 1. The molecule has 0 saturated carbocycles. The smallest absolute Gasteiger partial charge is 0.337 e. The van der Waals surface area contributed by atoms with Gasteiger partial charge in [0.1, 0.15) is 6.29 Å². The third-order valence-corrected chi connectivity index (χ3v) is 2.19. The predicted octanol–water partition coefficient (Wildman–Crippen LogP) is 0.837. The summed E-state index contributed by atoms with van der Waals surface area (Å²) in [5, 5.41) is 17.7. The van der Waals surface area contributed by atoms with Gasteiger partial charge in [-0.15, -0.1) is 0 Å². The fraction of sp³-hybridized carbons (Fsp3) is 0.364. The Bertz CT molecular complexity index is 366. The molecule has 0 aromatic rings. The molecule has 1 atom stereocenters. The molecule has 0 fully saturated rings. The second-order valence-electron chi connectivity index (χ2n) is 3.13. The first-order chi connectivity index (χ1) is 8.01. The van der Waals surface area contributed by atoms with Crippen LogP contribution >= 0.6 is 0 Å². The SMILES string of the molecule is C/C=C(/C=O)C(CC(=O)O)/C(=C\O)C(=O)OC. The molecule has 0 spiro atoms. The molecule has 0 aliphatic rings. The summed E-state index contributed by atoms with van der Waals surface area (Å²) in [5.41, 5.74) is -0.173. The second kappa shape index (κ2) is 7.21. The number of aliphatic hydroxyl groups is 1. The zero-order valence-electron chi connectivity index (χ0n) is 9.54. The van der Waals surface area contributed by atoms with Crippen LogP contribution in [0.4, 0.5) is 0 Å². The Balaban J connectivity index is 5.36. The molecule has 0 aliphatic carbocycles. The van der Waals surface area contributed by atoms with E-state index in [0.29, 0.717) is 12.5 Å². The Morgan fingerprint density at radius 3 is 2.29 bits per heavy atom. The van der Waals surface area contributed by atoms with Gasteiger partial charge in [-0.05, 0) is 12.5 Å². The lowest BCUT2D eigenvalue weighted by Crippen LogP contribution is -2.20. The van der Waals surface area contributed by atoms with Crippen molar-refractivity contribution in [2.45, 2.75) is 13.3 Å².